The minimum Gasteiger partial charge on any atom is -0.374 e. The van der Waals surface area contributed by atoms with Crippen molar-refractivity contribution >= 4 is 23.0 Å². The molecule has 0 bridgehead atoms. The van der Waals surface area contributed by atoms with E-state index in [0.29, 0.717) is 12.0 Å². The molecule has 3 heterocycles. The van der Waals surface area contributed by atoms with E-state index < -0.39 is 0 Å². The molecule has 1 aromatic carbocycles. The van der Waals surface area contributed by atoms with Crippen molar-refractivity contribution in [2.45, 2.75) is 38.3 Å². The smallest absolute Gasteiger partial charge is 0.191 e. The van der Waals surface area contributed by atoms with E-state index in [1.165, 1.54) is 53.9 Å². The van der Waals surface area contributed by atoms with Crippen LogP contribution in [0.15, 0.2) is 40.7 Å². The molecule has 30 heavy (non-hydrogen) atoms. The number of fused-ring (bicyclic) bond motifs is 1. The van der Waals surface area contributed by atoms with Gasteiger partial charge in [0.25, 0.3) is 0 Å². The molecular formula is C24H35N5S. The van der Waals surface area contributed by atoms with Crippen LogP contribution in [0.25, 0.3) is 0 Å². The summed E-state index contributed by atoms with van der Waals surface area (Å²) in [6.45, 7) is 4.08. The van der Waals surface area contributed by atoms with Crippen LogP contribution in [0, 0.1) is 5.92 Å². The number of nitrogens with one attached hydrogen (secondary N) is 2. The minimum absolute atomic E-state index is 0.502. The lowest BCUT2D eigenvalue weighted by atomic mass is 9.88. The van der Waals surface area contributed by atoms with Crippen LogP contribution in [0.5, 0.6) is 0 Å². The maximum absolute atomic E-state index is 4.47. The molecule has 1 saturated heterocycles. The molecule has 2 atom stereocenters. The van der Waals surface area contributed by atoms with Gasteiger partial charge in [0.2, 0.25) is 0 Å². The van der Waals surface area contributed by atoms with Gasteiger partial charge in [0, 0.05) is 50.3 Å². The Balaban J connectivity index is 1.34. The largest absolute Gasteiger partial charge is 0.374 e. The fraction of sp³-hybridized carbons (Fsp3) is 0.542. The fourth-order valence-electron chi connectivity index (χ4n) is 4.97. The summed E-state index contributed by atoms with van der Waals surface area (Å²) in [7, 11) is 6.31. The van der Waals surface area contributed by atoms with Crippen molar-refractivity contribution in [1.82, 2.24) is 15.5 Å². The van der Waals surface area contributed by atoms with E-state index >= 15 is 0 Å². The van der Waals surface area contributed by atoms with Gasteiger partial charge in [-0.3, -0.25) is 9.89 Å². The molecule has 0 aliphatic carbocycles. The number of piperidine rings is 1. The fourth-order valence-corrected chi connectivity index (χ4v) is 5.95. The van der Waals surface area contributed by atoms with E-state index in [2.05, 4.69) is 75.2 Å². The highest BCUT2D eigenvalue weighted by Crippen LogP contribution is 2.36. The van der Waals surface area contributed by atoms with E-state index in [4.69, 9.17) is 0 Å². The zero-order valence-electron chi connectivity index (χ0n) is 18.5. The van der Waals surface area contributed by atoms with E-state index in [1.54, 1.807) is 0 Å². The standard InChI is InChI=1S/C24H35N5S/c1-25-24(26-16-18-10-11-21-19(15-18)7-4-12-28(21)2)27-17-20-8-5-13-29(3)23(20)22-9-6-14-30-22/h6,9-11,14-15,20,23H,4-5,7-8,12-13,16-17H2,1-3H3,(H2,25,26,27). The lowest BCUT2D eigenvalue weighted by molar-refractivity contribution is 0.125. The first-order valence-corrected chi connectivity index (χ1v) is 12.0. The summed E-state index contributed by atoms with van der Waals surface area (Å²) in [4.78, 5) is 10.8. The van der Waals surface area contributed by atoms with Crippen LogP contribution in [0.3, 0.4) is 0 Å². The van der Waals surface area contributed by atoms with Crippen LogP contribution >= 0.6 is 11.3 Å². The predicted octanol–water partition coefficient (Wildman–Crippen LogP) is 3.88. The highest BCUT2D eigenvalue weighted by Gasteiger charge is 2.31. The first-order valence-electron chi connectivity index (χ1n) is 11.2. The molecule has 6 heteroatoms. The highest BCUT2D eigenvalue weighted by molar-refractivity contribution is 7.10. The van der Waals surface area contributed by atoms with E-state index in [9.17, 15) is 0 Å². The molecule has 2 N–H and O–H groups in total. The third-order valence-corrected chi connectivity index (χ3v) is 7.49. The molecular weight excluding hydrogens is 390 g/mol. The van der Waals surface area contributed by atoms with Gasteiger partial charge in [0.1, 0.15) is 0 Å². The van der Waals surface area contributed by atoms with Gasteiger partial charge in [-0.2, -0.15) is 0 Å². The Morgan fingerprint density at radius 1 is 1.17 bits per heavy atom. The zero-order valence-corrected chi connectivity index (χ0v) is 19.3. The second kappa shape index (κ2) is 9.84. The molecule has 0 amide bonds. The van der Waals surface area contributed by atoms with Crippen LogP contribution in [0.4, 0.5) is 5.69 Å². The highest BCUT2D eigenvalue weighted by atomic mass is 32.1. The Morgan fingerprint density at radius 2 is 2.07 bits per heavy atom. The average Bonchev–Trinajstić information content (AvgIpc) is 3.28. The molecule has 2 aliphatic heterocycles. The average molecular weight is 426 g/mol. The summed E-state index contributed by atoms with van der Waals surface area (Å²) in [5.74, 6) is 1.49. The first kappa shape index (κ1) is 21.2. The van der Waals surface area contributed by atoms with Crippen molar-refractivity contribution in [1.29, 1.82) is 0 Å². The van der Waals surface area contributed by atoms with Gasteiger partial charge < -0.3 is 15.5 Å². The summed E-state index contributed by atoms with van der Waals surface area (Å²) in [6.07, 6.45) is 4.94. The molecule has 0 spiro atoms. The molecule has 0 radical (unpaired) electrons. The van der Waals surface area contributed by atoms with Crippen LogP contribution in [0.1, 0.15) is 41.3 Å². The summed E-state index contributed by atoms with van der Waals surface area (Å²) >= 11 is 1.88. The van der Waals surface area contributed by atoms with Gasteiger partial charge in [-0.25, -0.2) is 0 Å². The van der Waals surface area contributed by atoms with Crippen molar-refractivity contribution in [2.24, 2.45) is 10.9 Å². The normalized spacial score (nSPS) is 22.6. The minimum atomic E-state index is 0.502. The van der Waals surface area contributed by atoms with Gasteiger partial charge in [-0.05, 0) is 73.8 Å². The van der Waals surface area contributed by atoms with Crippen molar-refractivity contribution in [3.05, 3.63) is 51.7 Å². The number of aryl methyl sites for hydroxylation is 1. The SMILES string of the molecule is CN=C(NCc1ccc2c(c1)CCCN2C)NCC1CCCN(C)C1c1cccs1. The number of aliphatic imine (C=N–C) groups is 1. The summed E-state index contributed by atoms with van der Waals surface area (Å²) in [6, 6.07) is 11.8. The molecule has 2 unspecified atom stereocenters. The Bertz CT molecular complexity index is 847. The third kappa shape index (κ3) is 4.81. The number of benzene rings is 1. The lowest BCUT2D eigenvalue weighted by Crippen LogP contribution is -2.44. The second-order valence-electron chi connectivity index (χ2n) is 8.64. The zero-order chi connectivity index (χ0) is 20.9. The second-order valence-corrected chi connectivity index (χ2v) is 9.62. The molecule has 0 saturated carbocycles. The number of nitrogens with zero attached hydrogens (tertiary/aromatic N) is 3. The van der Waals surface area contributed by atoms with E-state index in [-0.39, 0.29) is 0 Å². The number of likely N-dealkylation sites (tertiary alicyclic amines) is 1. The Morgan fingerprint density at radius 3 is 2.87 bits per heavy atom. The molecule has 162 valence electrons. The van der Waals surface area contributed by atoms with E-state index in [0.717, 1.165) is 25.6 Å². The molecule has 4 rings (SSSR count). The molecule has 1 fully saturated rings. The molecule has 5 nitrogen and oxygen atoms in total. The Labute approximate surface area is 185 Å². The third-order valence-electron chi connectivity index (χ3n) is 6.55. The van der Waals surface area contributed by atoms with Gasteiger partial charge in [-0.1, -0.05) is 18.2 Å². The maximum Gasteiger partial charge on any atom is 0.191 e. The van der Waals surface area contributed by atoms with Gasteiger partial charge in [0.05, 0.1) is 0 Å². The van der Waals surface area contributed by atoms with Crippen LogP contribution in [-0.4, -0.2) is 51.6 Å². The number of hydrogen-bond donors (Lipinski definition) is 2. The number of guanidine groups is 1. The van der Waals surface area contributed by atoms with Crippen LogP contribution < -0.4 is 15.5 Å². The van der Waals surface area contributed by atoms with Crippen LogP contribution in [-0.2, 0) is 13.0 Å². The predicted molar refractivity (Wildman–Crippen MR) is 129 cm³/mol. The Hall–Kier alpha value is -2.05. The first-order chi connectivity index (χ1) is 14.7. The summed E-state index contributed by atoms with van der Waals surface area (Å²) < 4.78 is 0. The maximum atomic E-state index is 4.47. The van der Waals surface area contributed by atoms with Gasteiger partial charge in [0.15, 0.2) is 5.96 Å². The molecule has 2 aliphatic rings. The number of hydrogen-bond acceptors (Lipinski definition) is 4. The van der Waals surface area contributed by atoms with E-state index in [1.807, 2.05) is 18.4 Å². The topological polar surface area (TPSA) is 42.9 Å². The molecule has 1 aromatic heterocycles. The quantitative estimate of drug-likeness (QED) is 0.564. The number of rotatable bonds is 5. The number of anilines is 1. The Kier molecular flexibility index (Phi) is 6.95. The van der Waals surface area contributed by atoms with Crippen molar-refractivity contribution in [2.75, 3.05) is 45.7 Å². The van der Waals surface area contributed by atoms with Crippen LogP contribution in [0.2, 0.25) is 0 Å². The van der Waals surface area contributed by atoms with Crippen molar-refractivity contribution in [3.8, 4) is 0 Å². The summed E-state index contributed by atoms with van der Waals surface area (Å²) in [5, 5.41) is 9.31. The van der Waals surface area contributed by atoms with Crippen molar-refractivity contribution < 1.29 is 0 Å². The number of thiophene rings is 1. The molecule has 2 aromatic rings. The van der Waals surface area contributed by atoms with Crippen molar-refractivity contribution in [3.63, 3.8) is 0 Å². The van der Waals surface area contributed by atoms with Gasteiger partial charge >= 0.3 is 0 Å². The lowest BCUT2D eigenvalue weighted by Gasteiger charge is -2.39. The van der Waals surface area contributed by atoms with Gasteiger partial charge in [-0.15, -0.1) is 11.3 Å². The summed E-state index contributed by atoms with van der Waals surface area (Å²) in [5.41, 5.74) is 4.17. The monoisotopic (exact) mass is 425 g/mol.